The Bertz CT molecular complexity index is 1280. The van der Waals surface area contributed by atoms with E-state index in [1.807, 2.05) is 6.92 Å². The van der Waals surface area contributed by atoms with Crippen LogP contribution in [0.15, 0.2) is 72.8 Å². The normalized spacial score (nSPS) is 10.3. The third-order valence-electron chi connectivity index (χ3n) is 5.47. The van der Waals surface area contributed by atoms with Gasteiger partial charge in [0.2, 0.25) is 5.91 Å². The lowest BCUT2D eigenvalue weighted by atomic mass is 10.2. The zero-order chi connectivity index (χ0) is 28.7. The summed E-state index contributed by atoms with van der Waals surface area (Å²) in [7, 11) is 0. The van der Waals surface area contributed by atoms with Crippen LogP contribution < -0.4 is 15.4 Å². The molecule has 0 saturated carbocycles. The standard InChI is InChI=1S/C30H31ClN2O7/c1-2-3-19-38-30(37)21-7-11-23(12-8-21)33-28(35)20-39-29(36)6-4-5-27(34)32-24-13-17-26(18-14-24)40-25-15-9-22(31)10-16-25/h7-18H,2-6,19-20H2,1H3,(H,32,34)(H,33,35). The van der Waals surface area contributed by atoms with Crippen molar-refractivity contribution in [3.05, 3.63) is 83.4 Å². The van der Waals surface area contributed by atoms with E-state index in [9.17, 15) is 19.2 Å². The molecule has 0 aromatic heterocycles. The van der Waals surface area contributed by atoms with E-state index < -0.39 is 24.5 Å². The Morgan fingerprint density at radius 3 is 1.90 bits per heavy atom. The van der Waals surface area contributed by atoms with Gasteiger partial charge in [-0.15, -0.1) is 0 Å². The van der Waals surface area contributed by atoms with Crippen LogP contribution >= 0.6 is 11.6 Å². The fourth-order valence-electron chi connectivity index (χ4n) is 3.36. The van der Waals surface area contributed by atoms with Crippen LogP contribution in [0.1, 0.15) is 49.4 Å². The highest BCUT2D eigenvalue weighted by atomic mass is 35.5. The minimum Gasteiger partial charge on any atom is -0.462 e. The van der Waals surface area contributed by atoms with Crippen LogP contribution in [-0.2, 0) is 23.9 Å². The van der Waals surface area contributed by atoms with Crippen molar-refractivity contribution >= 4 is 46.7 Å². The molecule has 0 spiro atoms. The highest BCUT2D eigenvalue weighted by Crippen LogP contribution is 2.24. The Morgan fingerprint density at radius 2 is 1.27 bits per heavy atom. The second kappa shape index (κ2) is 15.9. The SMILES string of the molecule is CCCCOC(=O)c1ccc(NC(=O)COC(=O)CCCC(=O)Nc2ccc(Oc3ccc(Cl)cc3)cc2)cc1. The van der Waals surface area contributed by atoms with E-state index in [2.05, 4.69) is 10.6 Å². The average Bonchev–Trinajstić information content (AvgIpc) is 2.94. The fourth-order valence-corrected chi connectivity index (χ4v) is 3.49. The third-order valence-corrected chi connectivity index (χ3v) is 5.72. The van der Waals surface area contributed by atoms with Gasteiger partial charge in [0.25, 0.3) is 5.91 Å². The van der Waals surface area contributed by atoms with Gasteiger partial charge < -0.3 is 24.8 Å². The summed E-state index contributed by atoms with van der Waals surface area (Å²) in [5.41, 5.74) is 1.42. The monoisotopic (exact) mass is 566 g/mol. The predicted octanol–water partition coefficient (Wildman–Crippen LogP) is 6.38. The molecule has 2 amide bonds. The fraction of sp³-hybridized carbons (Fsp3) is 0.267. The van der Waals surface area contributed by atoms with Gasteiger partial charge >= 0.3 is 11.9 Å². The quantitative estimate of drug-likeness (QED) is 0.171. The molecule has 210 valence electrons. The molecule has 3 aromatic rings. The van der Waals surface area contributed by atoms with E-state index in [-0.39, 0.29) is 25.2 Å². The van der Waals surface area contributed by atoms with E-state index in [0.717, 1.165) is 12.8 Å². The van der Waals surface area contributed by atoms with Crippen molar-refractivity contribution in [3.8, 4) is 11.5 Å². The van der Waals surface area contributed by atoms with Gasteiger partial charge in [-0.2, -0.15) is 0 Å². The van der Waals surface area contributed by atoms with Crippen molar-refractivity contribution in [2.45, 2.75) is 39.0 Å². The van der Waals surface area contributed by atoms with Crippen LogP contribution in [0.2, 0.25) is 5.02 Å². The van der Waals surface area contributed by atoms with Gasteiger partial charge in [0.15, 0.2) is 6.61 Å². The number of hydrogen-bond donors (Lipinski definition) is 2. The van der Waals surface area contributed by atoms with Gasteiger partial charge in [0.1, 0.15) is 11.5 Å². The van der Waals surface area contributed by atoms with Crippen molar-refractivity contribution in [2.24, 2.45) is 0 Å². The molecule has 0 aliphatic rings. The number of ether oxygens (including phenoxy) is 3. The summed E-state index contributed by atoms with van der Waals surface area (Å²) < 4.78 is 15.8. The third kappa shape index (κ3) is 10.8. The number of anilines is 2. The molecule has 0 heterocycles. The maximum absolute atomic E-state index is 12.2. The first-order valence-corrected chi connectivity index (χ1v) is 13.3. The van der Waals surface area contributed by atoms with E-state index >= 15 is 0 Å². The van der Waals surface area contributed by atoms with Crippen LogP contribution in [-0.4, -0.2) is 37.0 Å². The summed E-state index contributed by atoms with van der Waals surface area (Å²) in [5, 5.41) is 5.96. The lowest BCUT2D eigenvalue weighted by Gasteiger charge is -2.09. The highest BCUT2D eigenvalue weighted by Gasteiger charge is 2.11. The summed E-state index contributed by atoms with van der Waals surface area (Å²) >= 11 is 5.87. The molecule has 0 unspecified atom stereocenters. The number of amides is 2. The molecule has 40 heavy (non-hydrogen) atoms. The average molecular weight is 567 g/mol. The van der Waals surface area contributed by atoms with Gasteiger partial charge in [-0.1, -0.05) is 24.9 Å². The molecule has 9 nitrogen and oxygen atoms in total. The first-order valence-electron chi connectivity index (χ1n) is 12.9. The zero-order valence-corrected chi connectivity index (χ0v) is 22.9. The molecule has 0 radical (unpaired) electrons. The van der Waals surface area contributed by atoms with Crippen molar-refractivity contribution in [2.75, 3.05) is 23.8 Å². The smallest absolute Gasteiger partial charge is 0.338 e. The van der Waals surface area contributed by atoms with Crippen molar-refractivity contribution in [1.82, 2.24) is 0 Å². The number of rotatable bonds is 14. The van der Waals surface area contributed by atoms with Gasteiger partial charge in [-0.25, -0.2) is 4.79 Å². The van der Waals surface area contributed by atoms with Crippen LogP contribution in [0.3, 0.4) is 0 Å². The number of carbonyl (C=O) groups is 4. The minimum absolute atomic E-state index is 0.0105. The number of nitrogens with one attached hydrogen (secondary N) is 2. The van der Waals surface area contributed by atoms with Crippen LogP contribution in [0.4, 0.5) is 11.4 Å². The lowest BCUT2D eigenvalue weighted by molar-refractivity contribution is -0.147. The Morgan fingerprint density at radius 1 is 0.700 bits per heavy atom. The summed E-state index contributed by atoms with van der Waals surface area (Å²) in [5.74, 6) is -0.543. The topological polar surface area (TPSA) is 120 Å². The van der Waals surface area contributed by atoms with Crippen LogP contribution in [0.25, 0.3) is 0 Å². The maximum Gasteiger partial charge on any atom is 0.338 e. The molecule has 0 bridgehead atoms. The number of esters is 2. The molecule has 0 atom stereocenters. The number of halogens is 1. The first kappa shape index (κ1) is 30.2. The van der Waals surface area contributed by atoms with Crippen LogP contribution in [0, 0.1) is 0 Å². The van der Waals surface area contributed by atoms with E-state index in [4.69, 9.17) is 25.8 Å². The largest absolute Gasteiger partial charge is 0.462 e. The molecule has 2 N–H and O–H groups in total. The second-order valence-corrected chi connectivity index (χ2v) is 9.19. The molecular formula is C30H31ClN2O7. The molecule has 0 fully saturated rings. The highest BCUT2D eigenvalue weighted by molar-refractivity contribution is 6.30. The number of carbonyl (C=O) groups excluding carboxylic acids is 4. The van der Waals surface area contributed by atoms with Crippen molar-refractivity contribution < 1.29 is 33.4 Å². The lowest BCUT2D eigenvalue weighted by Crippen LogP contribution is -2.21. The van der Waals surface area contributed by atoms with Crippen molar-refractivity contribution in [1.29, 1.82) is 0 Å². The van der Waals surface area contributed by atoms with E-state index in [1.165, 1.54) is 0 Å². The Balaban J connectivity index is 1.30. The van der Waals surface area contributed by atoms with Crippen LogP contribution in [0.5, 0.6) is 11.5 Å². The minimum atomic E-state index is -0.586. The summed E-state index contributed by atoms with van der Waals surface area (Å²) in [6, 6.07) is 20.1. The van der Waals surface area contributed by atoms with E-state index in [1.54, 1.807) is 72.8 Å². The summed E-state index contributed by atoms with van der Waals surface area (Å²) in [6.07, 6.45) is 2.08. The van der Waals surface area contributed by atoms with Gasteiger partial charge in [-0.05, 0) is 85.6 Å². The maximum atomic E-state index is 12.2. The summed E-state index contributed by atoms with van der Waals surface area (Å²) in [4.78, 5) is 48.2. The zero-order valence-electron chi connectivity index (χ0n) is 22.1. The Kier molecular flexibility index (Phi) is 12.0. The molecular weight excluding hydrogens is 536 g/mol. The predicted molar refractivity (Wildman–Crippen MR) is 152 cm³/mol. The molecule has 3 rings (SSSR count). The number of unbranched alkanes of at least 4 members (excludes halogenated alkanes) is 1. The Hall–Kier alpha value is -4.37. The molecule has 3 aromatic carbocycles. The van der Waals surface area contributed by atoms with E-state index in [0.29, 0.717) is 40.1 Å². The second-order valence-electron chi connectivity index (χ2n) is 8.76. The van der Waals surface area contributed by atoms with Gasteiger partial charge in [0, 0.05) is 29.2 Å². The first-order chi connectivity index (χ1) is 19.3. The number of benzene rings is 3. The van der Waals surface area contributed by atoms with Crippen molar-refractivity contribution in [3.63, 3.8) is 0 Å². The number of hydrogen-bond acceptors (Lipinski definition) is 7. The van der Waals surface area contributed by atoms with Gasteiger partial charge in [0.05, 0.1) is 12.2 Å². The van der Waals surface area contributed by atoms with Gasteiger partial charge in [-0.3, -0.25) is 14.4 Å². The summed E-state index contributed by atoms with van der Waals surface area (Å²) in [6.45, 7) is 1.90. The molecule has 0 saturated heterocycles. The molecule has 0 aliphatic carbocycles. The Labute approximate surface area is 237 Å². The molecule has 0 aliphatic heterocycles. The molecule has 10 heteroatoms.